The largest absolute Gasteiger partial charge is 0.478 e. The molecule has 0 saturated heterocycles. The van der Waals surface area contributed by atoms with E-state index < -0.39 is 17.9 Å². The van der Waals surface area contributed by atoms with Crippen LogP contribution in [0, 0.1) is 5.95 Å². The second-order valence-electron chi connectivity index (χ2n) is 8.34. The first-order valence-corrected chi connectivity index (χ1v) is 12.1. The van der Waals surface area contributed by atoms with Gasteiger partial charge in [-0.3, -0.25) is 0 Å². The molecule has 6 aromatic heterocycles. The number of fused-ring (bicyclic) bond motifs is 2. The van der Waals surface area contributed by atoms with Gasteiger partial charge in [0.15, 0.2) is 0 Å². The summed E-state index contributed by atoms with van der Waals surface area (Å²) >= 11 is 0. The summed E-state index contributed by atoms with van der Waals surface area (Å²) in [6, 6.07) is 17.2. The van der Waals surface area contributed by atoms with Crippen LogP contribution in [0.4, 0.5) is 10.2 Å². The van der Waals surface area contributed by atoms with Gasteiger partial charge >= 0.3 is 11.9 Å². The van der Waals surface area contributed by atoms with E-state index in [1.165, 1.54) is 12.3 Å². The molecule has 0 atom stereocenters. The number of carboxylic acid groups (broad SMARTS) is 2. The highest BCUT2D eigenvalue weighted by molar-refractivity contribution is 5.87. The highest BCUT2D eigenvalue weighted by Crippen LogP contribution is 2.12. The number of hydrogen-bond acceptors (Lipinski definition) is 8. The zero-order valence-electron chi connectivity index (χ0n) is 21.9. The van der Waals surface area contributed by atoms with Gasteiger partial charge in [0.2, 0.25) is 5.95 Å². The molecule has 0 aliphatic rings. The summed E-state index contributed by atoms with van der Waals surface area (Å²) in [6.45, 7) is 1.03. The van der Waals surface area contributed by atoms with E-state index in [-0.39, 0.29) is 23.5 Å². The van der Waals surface area contributed by atoms with E-state index in [9.17, 15) is 14.0 Å². The first kappa shape index (κ1) is 31.1. The van der Waals surface area contributed by atoms with Crippen LogP contribution >= 0.6 is 12.4 Å². The van der Waals surface area contributed by atoms with Crippen molar-refractivity contribution >= 4 is 41.2 Å². The molecule has 216 valence electrons. The minimum absolute atomic E-state index is 0. The number of anilines is 1. The Balaban J connectivity index is 0.000000187. The van der Waals surface area contributed by atoms with Crippen LogP contribution in [0.15, 0.2) is 98.1 Å². The van der Waals surface area contributed by atoms with Crippen LogP contribution < -0.4 is 11.1 Å². The minimum atomic E-state index is -1.10. The number of nitrogens with one attached hydrogen (secondary N) is 1. The molecule has 0 aromatic carbocycles. The molecule has 0 spiro atoms. The van der Waals surface area contributed by atoms with Gasteiger partial charge in [0.25, 0.3) is 0 Å². The Morgan fingerprint density at radius 1 is 0.762 bits per heavy atom. The second kappa shape index (κ2) is 14.8. The molecule has 0 fully saturated rings. The van der Waals surface area contributed by atoms with E-state index in [1.807, 2.05) is 57.6 Å². The molecule has 0 amide bonds. The Hall–Kier alpha value is -5.40. The number of carbonyl (C=O) groups is 2. The van der Waals surface area contributed by atoms with Crippen molar-refractivity contribution in [2.75, 3.05) is 5.32 Å². The Bertz CT molecular complexity index is 1760. The van der Waals surface area contributed by atoms with Gasteiger partial charge in [-0.2, -0.15) is 4.39 Å². The molecule has 0 bridgehead atoms. The van der Waals surface area contributed by atoms with E-state index in [4.69, 9.17) is 15.9 Å². The number of aromatic carboxylic acids is 2. The number of nitrogens with two attached hydrogens (primary N) is 1. The van der Waals surface area contributed by atoms with Crippen molar-refractivity contribution < 1.29 is 24.2 Å². The maximum Gasteiger partial charge on any atom is 0.337 e. The van der Waals surface area contributed by atoms with Crippen LogP contribution in [-0.4, -0.2) is 50.9 Å². The summed E-state index contributed by atoms with van der Waals surface area (Å²) in [5.41, 5.74) is 9.63. The monoisotopic (exact) mass is 592 g/mol. The van der Waals surface area contributed by atoms with Gasteiger partial charge in [-0.25, -0.2) is 29.5 Å². The third kappa shape index (κ3) is 8.06. The van der Waals surface area contributed by atoms with Gasteiger partial charge in [0.05, 0.1) is 52.7 Å². The van der Waals surface area contributed by atoms with E-state index >= 15 is 0 Å². The molecule has 14 heteroatoms. The van der Waals surface area contributed by atoms with Crippen molar-refractivity contribution in [1.82, 2.24) is 28.7 Å². The van der Waals surface area contributed by atoms with Crippen molar-refractivity contribution in [3.63, 3.8) is 0 Å². The summed E-state index contributed by atoms with van der Waals surface area (Å²) in [4.78, 5) is 36.6. The summed E-state index contributed by atoms with van der Waals surface area (Å²) in [6.07, 6.45) is 9.73. The van der Waals surface area contributed by atoms with E-state index in [1.54, 1.807) is 18.7 Å². The van der Waals surface area contributed by atoms with Crippen molar-refractivity contribution in [3.8, 4) is 0 Å². The first-order valence-electron chi connectivity index (χ1n) is 12.1. The molecule has 6 rings (SSSR count). The lowest BCUT2D eigenvalue weighted by Gasteiger charge is -2.04. The van der Waals surface area contributed by atoms with Gasteiger partial charge < -0.3 is 30.1 Å². The topological polar surface area (TPSA) is 173 Å². The zero-order chi connectivity index (χ0) is 29.2. The third-order valence-corrected chi connectivity index (χ3v) is 5.66. The fourth-order valence-electron chi connectivity index (χ4n) is 3.59. The fourth-order valence-corrected chi connectivity index (χ4v) is 3.59. The van der Waals surface area contributed by atoms with Crippen molar-refractivity contribution in [2.45, 2.75) is 13.1 Å². The molecular weight excluding hydrogens is 567 g/mol. The molecule has 5 N–H and O–H groups in total. The number of imidazole rings is 2. The number of carboxylic acids is 2. The smallest absolute Gasteiger partial charge is 0.337 e. The number of hydrogen-bond donors (Lipinski definition) is 4. The van der Waals surface area contributed by atoms with Crippen LogP contribution in [0.25, 0.3) is 11.0 Å². The van der Waals surface area contributed by atoms with Gasteiger partial charge in [-0.1, -0.05) is 12.1 Å². The summed E-state index contributed by atoms with van der Waals surface area (Å²) in [5.74, 6) is -2.14. The van der Waals surface area contributed by atoms with Crippen LogP contribution in [-0.2, 0) is 13.1 Å². The molecule has 0 radical (unpaired) electrons. The number of halogens is 2. The van der Waals surface area contributed by atoms with Gasteiger partial charge in [0, 0.05) is 31.3 Å². The highest BCUT2D eigenvalue weighted by Gasteiger charge is 2.06. The molecule has 0 aliphatic carbocycles. The SMILES string of the molecule is Cl.NCc1ncn2ccccc12.O=C(O)c1ccc(F)nc1.O=C(O)c1ccc(NCc2ncn3ccccc23)nc1. The van der Waals surface area contributed by atoms with Crippen LogP contribution in [0.1, 0.15) is 32.1 Å². The van der Waals surface area contributed by atoms with E-state index in [0.29, 0.717) is 18.9 Å². The summed E-state index contributed by atoms with van der Waals surface area (Å²) in [7, 11) is 0. The molecule has 6 heterocycles. The quantitative estimate of drug-likeness (QED) is 0.205. The lowest BCUT2D eigenvalue weighted by molar-refractivity contribution is 0.0685. The summed E-state index contributed by atoms with van der Waals surface area (Å²) in [5, 5.41) is 20.2. The molecule has 0 unspecified atom stereocenters. The molecule has 42 heavy (non-hydrogen) atoms. The Kier molecular flexibility index (Phi) is 11.0. The zero-order valence-corrected chi connectivity index (χ0v) is 22.7. The average molecular weight is 593 g/mol. The highest BCUT2D eigenvalue weighted by atomic mass is 35.5. The van der Waals surface area contributed by atoms with Gasteiger partial charge in [-0.05, 0) is 48.5 Å². The molecule has 0 saturated carbocycles. The molecule has 6 aromatic rings. The van der Waals surface area contributed by atoms with Crippen LogP contribution in [0.5, 0.6) is 0 Å². The predicted molar refractivity (Wildman–Crippen MR) is 155 cm³/mol. The maximum atomic E-state index is 12.0. The predicted octanol–water partition coefficient (Wildman–Crippen LogP) is 4.17. The molecule has 12 nitrogen and oxygen atoms in total. The first-order chi connectivity index (χ1) is 19.9. The lowest BCUT2D eigenvalue weighted by Crippen LogP contribution is -2.03. The Labute approximate surface area is 244 Å². The molecule has 0 aliphatic heterocycles. The minimum Gasteiger partial charge on any atom is -0.478 e. The standard InChI is InChI=1S/C14H12N4O2.C8H9N3.C6H4FNO2.ClH/c19-14(20)10-4-5-13(15-7-10)16-8-11-12-3-1-2-6-18(12)9-17-11;9-5-7-8-3-1-2-4-11(8)6-10-7;7-5-2-1-4(3-8-5)6(9)10;/h1-7,9H,8H2,(H,15,16)(H,19,20);1-4,6H,5,9H2;1-3H,(H,9,10);1H. The van der Waals surface area contributed by atoms with Crippen LogP contribution in [0.2, 0.25) is 0 Å². The summed E-state index contributed by atoms with van der Waals surface area (Å²) < 4.78 is 15.9. The Morgan fingerprint density at radius 2 is 1.31 bits per heavy atom. The Morgan fingerprint density at radius 3 is 1.81 bits per heavy atom. The third-order valence-electron chi connectivity index (χ3n) is 5.66. The fraction of sp³-hybridized carbons (Fsp3) is 0.0714. The van der Waals surface area contributed by atoms with E-state index in [2.05, 4.69) is 25.3 Å². The second-order valence-corrected chi connectivity index (χ2v) is 8.34. The lowest BCUT2D eigenvalue weighted by atomic mass is 10.3. The number of pyridine rings is 4. The van der Waals surface area contributed by atoms with Gasteiger partial charge in [-0.15, -0.1) is 12.4 Å². The van der Waals surface area contributed by atoms with Gasteiger partial charge in [0.1, 0.15) is 5.82 Å². The number of rotatable bonds is 6. The normalized spacial score (nSPS) is 10.0. The number of nitrogens with zero attached hydrogens (tertiary/aromatic N) is 6. The van der Waals surface area contributed by atoms with E-state index in [0.717, 1.165) is 40.8 Å². The average Bonchev–Trinajstić information content (AvgIpc) is 3.61. The maximum absolute atomic E-state index is 12.0. The van der Waals surface area contributed by atoms with Crippen LogP contribution in [0.3, 0.4) is 0 Å². The van der Waals surface area contributed by atoms with Crippen molar-refractivity contribution in [3.05, 3.63) is 127 Å². The molecular formula is C28H26ClFN8O4. The van der Waals surface area contributed by atoms with Crippen molar-refractivity contribution in [2.24, 2.45) is 5.73 Å². The van der Waals surface area contributed by atoms with Crippen molar-refractivity contribution in [1.29, 1.82) is 0 Å². The number of aromatic nitrogens is 6.